The molecule has 0 bridgehead atoms. The van der Waals surface area contributed by atoms with Crippen LogP contribution in [-0.2, 0) is 0 Å². The van der Waals surface area contributed by atoms with Crippen LogP contribution in [0.1, 0.15) is 83.7 Å². The van der Waals surface area contributed by atoms with Crippen LogP contribution in [-0.4, -0.2) is 19.1 Å². The summed E-state index contributed by atoms with van der Waals surface area (Å²) in [6, 6.07) is 54.9. The van der Waals surface area contributed by atoms with Crippen molar-refractivity contribution in [3.8, 4) is 73.3 Å². The summed E-state index contributed by atoms with van der Waals surface area (Å²) in [5.74, 6) is 0.595. The van der Waals surface area contributed by atoms with Gasteiger partial charge in [-0.05, 0) is 228 Å². The third kappa shape index (κ3) is 8.21. The lowest BCUT2D eigenvalue weighted by atomic mass is 9.92. The van der Waals surface area contributed by atoms with E-state index >= 15 is 0 Å². The van der Waals surface area contributed by atoms with Crippen LogP contribution in [0.5, 0.6) is 0 Å². The van der Waals surface area contributed by atoms with E-state index in [9.17, 15) is 5.26 Å². The molecular weight excluding hydrogens is 947 g/mol. The lowest BCUT2D eigenvalue weighted by Gasteiger charge is -2.21. The van der Waals surface area contributed by atoms with E-state index in [-0.39, 0.29) is 0 Å². The van der Waals surface area contributed by atoms with E-state index in [4.69, 9.17) is 9.97 Å². The van der Waals surface area contributed by atoms with E-state index in [2.05, 4.69) is 246 Å². The van der Waals surface area contributed by atoms with Gasteiger partial charge in [-0.25, -0.2) is 9.97 Å². The van der Waals surface area contributed by atoms with Crippen molar-refractivity contribution in [1.82, 2.24) is 19.1 Å². The van der Waals surface area contributed by atoms with Gasteiger partial charge in [0.05, 0.1) is 50.6 Å². The molecule has 12 rings (SSSR count). The monoisotopic (exact) mass is 1010 g/mol. The summed E-state index contributed by atoms with van der Waals surface area (Å²) in [7, 11) is 0. The Balaban J connectivity index is 1.28. The van der Waals surface area contributed by atoms with Crippen molar-refractivity contribution >= 4 is 43.6 Å². The van der Waals surface area contributed by atoms with Crippen molar-refractivity contribution < 1.29 is 0 Å². The minimum Gasteiger partial charge on any atom is -0.308 e. The van der Waals surface area contributed by atoms with Crippen LogP contribution in [0.4, 0.5) is 0 Å². The molecule has 0 spiro atoms. The zero-order valence-electron chi connectivity index (χ0n) is 47.5. The molecule has 0 aliphatic carbocycles. The normalized spacial score (nSPS) is 11.7. The first-order valence-electron chi connectivity index (χ1n) is 27.3. The van der Waals surface area contributed by atoms with E-state index in [1.54, 1.807) is 0 Å². The van der Waals surface area contributed by atoms with Crippen molar-refractivity contribution in [1.29, 1.82) is 5.26 Å². The van der Waals surface area contributed by atoms with Crippen molar-refractivity contribution in [2.45, 2.75) is 96.9 Å². The molecule has 9 aromatic carbocycles. The van der Waals surface area contributed by atoms with E-state index in [1.807, 2.05) is 6.07 Å². The summed E-state index contributed by atoms with van der Waals surface area (Å²) in [6.45, 7) is 30.5. The average molecular weight is 1010 g/mol. The van der Waals surface area contributed by atoms with Crippen LogP contribution in [0.2, 0.25) is 0 Å². The van der Waals surface area contributed by atoms with E-state index in [0.29, 0.717) is 11.4 Å². The summed E-state index contributed by atoms with van der Waals surface area (Å²) in [5, 5.41) is 16.0. The Morgan fingerprint density at radius 1 is 0.308 bits per heavy atom. The zero-order valence-corrected chi connectivity index (χ0v) is 47.5. The maximum Gasteiger partial charge on any atom is 0.163 e. The van der Waals surface area contributed by atoms with Crippen LogP contribution in [0.25, 0.3) is 111 Å². The highest BCUT2D eigenvalue weighted by molar-refractivity contribution is 6.14. The first kappa shape index (κ1) is 50.0. The Kier molecular flexibility index (Phi) is 12.0. The third-order valence-electron chi connectivity index (χ3n) is 16.3. The van der Waals surface area contributed by atoms with Gasteiger partial charge in [0, 0.05) is 32.9 Å². The number of nitrogens with zero attached hydrogens (tertiary/aromatic N) is 5. The fourth-order valence-electron chi connectivity index (χ4n) is 13.8. The van der Waals surface area contributed by atoms with Gasteiger partial charge in [-0.3, -0.25) is 0 Å². The molecule has 78 heavy (non-hydrogen) atoms. The number of aryl methyl sites for hydroxylation is 14. The Bertz CT molecular complexity index is 4000. The van der Waals surface area contributed by atoms with E-state index in [1.165, 1.54) is 89.0 Å². The Labute approximate surface area is 459 Å². The summed E-state index contributed by atoms with van der Waals surface area (Å²) in [6.07, 6.45) is 0. The summed E-state index contributed by atoms with van der Waals surface area (Å²) in [4.78, 5) is 10.8. The topological polar surface area (TPSA) is 59.4 Å². The predicted octanol–water partition coefficient (Wildman–Crippen LogP) is 19.2. The predicted molar refractivity (Wildman–Crippen MR) is 329 cm³/mol. The smallest absolute Gasteiger partial charge is 0.163 e. The number of nitriles is 1. The maximum absolute atomic E-state index is 11.5. The van der Waals surface area contributed by atoms with Crippen LogP contribution in [0.3, 0.4) is 0 Å². The molecule has 0 saturated carbocycles. The second-order valence-corrected chi connectivity index (χ2v) is 22.7. The fraction of sp³-hybridized carbons (Fsp3) is 0.192. The summed E-state index contributed by atoms with van der Waals surface area (Å²) < 4.78 is 4.83. The van der Waals surface area contributed by atoms with Crippen molar-refractivity contribution in [3.05, 3.63) is 223 Å². The number of benzene rings is 9. The highest BCUT2D eigenvalue weighted by Crippen LogP contribution is 2.46. The Hall–Kier alpha value is -8.85. The van der Waals surface area contributed by atoms with Gasteiger partial charge < -0.3 is 9.13 Å². The zero-order chi connectivity index (χ0) is 54.7. The van der Waals surface area contributed by atoms with Crippen molar-refractivity contribution in [3.63, 3.8) is 0 Å². The number of aromatic nitrogens is 4. The number of fused-ring (bicyclic) bond motifs is 6. The van der Waals surface area contributed by atoms with Gasteiger partial charge in [-0.15, -0.1) is 0 Å². The largest absolute Gasteiger partial charge is 0.308 e. The molecule has 5 heteroatoms. The maximum atomic E-state index is 11.5. The first-order chi connectivity index (χ1) is 37.3. The Morgan fingerprint density at radius 3 is 0.808 bits per heavy atom. The molecule has 3 heterocycles. The van der Waals surface area contributed by atoms with Crippen LogP contribution in [0, 0.1) is 108 Å². The molecule has 12 aromatic rings. The molecule has 3 aromatic heterocycles. The molecular formula is C73H65N5. The number of hydrogen-bond donors (Lipinski definition) is 0. The second-order valence-electron chi connectivity index (χ2n) is 22.7. The van der Waals surface area contributed by atoms with Gasteiger partial charge in [0.15, 0.2) is 5.82 Å². The highest BCUT2D eigenvalue weighted by Gasteiger charge is 2.27. The minimum atomic E-state index is 0.531. The van der Waals surface area contributed by atoms with Gasteiger partial charge in [0.2, 0.25) is 0 Å². The van der Waals surface area contributed by atoms with Gasteiger partial charge in [0.1, 0.15) is 0 Å². The molecule has 382 valence electrons. The molecule has 0 unspecified atom stereocenters. The summed E-state index contributed by atoms with van der Waals surface area (Å²) >= 11 is 0. The highest BCUT2D eigenvalue weighted by atomic mass is 15.0. The van der Waals surface area contributed by atoms with Crippen molar-refractivity contribution in [2.75, 3.05) is 0 Å². The lowest BCUT2D eigenvalue weighted by molar-refractivity contribution is 1.04. The van der Waals surface area contributed by atoms with Crippen LogP contribution in [0.15, 0.2) is 140 Å². The molecule has 0 saturated heterocycles. The molecule has 0 radical (unpaired) electrons. The van der Waals surface area contributed by atoms with E-state index < -0.39 is 0 Å². The third-order valence-corrected chi connectivity index (χ3v) is 16.3. The first-order valence-corrected chi connectivity index (χ1v) is 27.3. The second kappa shape index (κ2) is 18.7. The fourth-order valence-corrected chi connectivity index (χ4v) is 13.8. The van der Waals surface area contributed by atoms with Crippen LogP contribution >= 0.6 is 0 Å². The van der Waals surface area contributed by atoms with Crippen molar-refractivity contribution in [2.24, 2.45) is 0 Å². The SMILES string of the molecule is Cc1cc(C)c(-c2ccc3c4ccc(-c5c(C)cc(C)cc5C)cc4n(-c4cc(C#N)cc(-n5c6cc(-c7c(C)cc(C)cc7C)ccc6c6ccc(-c7c(C)cc(C)cc7C)cc65)c4-c4nc(C)cc(C)n4)c3c2)c(C)c1. The molecule has 0 aliphatic rings. The molecule has 0 N–H and O–H groups in total. The molecule has 0 atom stereocenters. The minimum absolute atomic E-state index is 0.531. The van der Waals surface area contributed by atoms with Crippen LogP contribution < -0.4 is 0 Å². The average Bonchev–Trinajstić information content (AvgIpc) is 3.89. The Morgan fingerprint density at radius 2 is 0.564 bits per heavy atom. The quantitative estimate of drug-likeness (QED) is 0.160. The standard InChI is InChI=1S/C73H65N5/c1-39-23-43(5)68(44(6)24-39)54-15-19-58-59-20-16-55(69-45(7)25-40(2)26-46(69)8)35-63(59)77(62(58)34-54)66-32-53(38-74)33-67(72(66)73-75-51(13)31-52(14)76-73)78-64-36-56(70-47(9)27-41(3)28-48(70)10)17-21-60(64)61-22-18-57(37-65(61)78)71-49(11)29-42(4)30-50(71)12/h15-37H,1-14H3. The molecule has 0 fully saturated rings. The molecule has 0 aliphatic heterocycles. The lowest BCUT2D eigenvalue weighted by Crippen LogP contribution is -2.08. The number of hydrogen-bond acceptors (Lipinski definition) is 3. The van der Waals surface area contributed by atoms with Gasteiger partial charge >= 0.3 is 0 Å². The molecule has 5 nitrogen and oxygen atoms in total. The summed E-state index contributed by atoms with van der Waals surface area (Å²) in [5.41, 5.74) is 33.2. The number of rotatable bonds is 7. The van der Waals surface area contributed by atoms with Gasteiger partial charge in [-0.2, -0.15) is 5.26 Å². The molecule has 0 amide bonds. The van der Waals surface area contributed by atoms with Gasteiger partial charge in [-0.1, -0.05) is 119 Å². The van der Waals surface area contributed by atoms with E-state index in [0.717, 1.165) is 94.2 Å². The van der Waals surface area contributed by atoms with Gasteiger partial charge in [0.25, 0.3) is 0 Å².